The van der Waals surface area contributed by atoms with Gasteiger partial charge in [-0.2, -0.15) is 0 Å². The second kappa shape index (κ2) is 8.29. The van der Waals surface area contributed by atoms with Gasteiger partial charge in [0.25, 0.3) is 5.92 Å². The molecule has 0 aliphatic heterocycles. The van der Waals surface area contributed by atoms with E-state index in [0.717, 1.165) is 0 Å². The molecule has 22 heavy (non-hydrogen) atoms. The highest BCUT2D eigenvalue weighted by molar-refractivity contribution is 5.69. The summed E-state index contributed by atoms with van der Waals surface area (Å²) in [5.41, 5.74) is -0.772. The van der Waals surface area contributed by atoms with E-state index in [-0.39, 0.29) is 6.61 Å². The first-order chi connectivity index (χ1) is 9.89. The van der Waals surface area contributed by atoms with Gasteiger partial charge in [0.1, 0.15) is 5.60 Å². The standard InChI is InChI=1S/C15H27F2NO4/c1-7-21-11(19)8-9-15(16,17)12(10(2)3)18-13(20)22-14(4,5)6/h10,12H,7-9H2,1-6H3,(H,18,20). The average molecular weight is 323 g/mol. The molecule has 0 aliphatic carbocycles. The zero-order chi connectivity index (χ0) is 17.6. The molecule has 0 aromatic rings. The molecule has 0 fully saturated rings. The van der Waals surface area contributed by atoms with E-state index in [1.807, 2.05) is 0 Å². The number of ether oxygens (including phenoxy) is 2. The van der Waals surface area contributed by atoms with Crippen molar-refractivity contribution in [1.82, 2.24) is 5.32 Å². The first-order valence-electron chi connectivity index (χ1n) is 7.42. The number of esters is 1. The van der Waals surface area contributed by atoms with Crippen LogP contribution in [0, 0.1) is 5.92 Å². The third kappa shape index (κ3) is 8.14. The zero-order valence-corrected chi connectivity index (χ0v) is 14.2. The molecule has 0 aromatic heterocycles. The summed E-state index contributed by atoms with van der Waals surface area (Å²) in [6, 6.07) is -1.42. The van der Waals surface area contributed by atoms with Crippen LogP contribution in [0.3, 0.4) is 0 Å². The summed E-state index contributed by atoms with van der Waals surface area (Å²) in [5, 5.41) is 2.21. The van der Waals surface area contributed by atoms with E-state index < -0.39 is 48.4 Å². The lowest BCUT2D eigenvalue weighted by Crippen LogP contribution is -2.52. The molecule has 5 nitrogen and oxygen atoms in total. The van der Waals surface area contributed by atoms with Crippen molar-refractivity contribution in [1.29, 1.82) is 0 Å². The van der Waals surface area contributed by atoms with E-state index in [1.165, 1.54) is 0 Å². The van der Waals surface area contributed by atoms with E-state index >= 15 is 0 Å². The van der Waals surface area contributed by atoms with Crippen molar-refractivity contribution in [3.05, 3.63) is 0 Å². The topological polar surface area (TPSA) is 64.6 Å². The summed E-state index contributed by atoms with van der Waals surface area (Å²) in [6.45, 7) is 9.84. The van der Waals surface area contributed by atoms with E-state index in [0.29, 0.717) is 0 Å². The van der Waals surface area contributed by atoms with Crippen molar-refractivity contribution >= 4 is 12.1 Å². The normalized spacial score (nSPS) is 13.7. The number of hydrogen-bond acceptors (Lipinski definition) is 4. The fourth-order valence-corrected chi connectivity index (χ4v) is 1.85. The van der Waals surface area contributed by atoms with Gasteiger partial charge in [0, 0.05) is 6.42 Å². The van der Waals surface area contributed by atoms with E-state index in [9.17, 15) is 18.4 Å². The minimum Gasteiger partial charge on any atom is -0.466 e. The Labute approximate surface area is 130 Å². The van der Waals surface area contributed by atoms with Gasteiger partial charge in [0.15, 0.2) is 0 Å². The Balaban J connectivity index is 4.77. The monoisotopic (exact) mass is 323 g/mol. The third-order valence-corrected chi connectivity index (χ3v) is 2.76. The summed E-state index contributed by atoms with van der Waals surface area (Å²) in [7, 11) is 0. The Hall–Kier alpha value is -1.40. The van der Waals surface area contributed by atoms with Crippen molar-refractivity contribution in [3.63, 3.8) is 0 Å². The van der Waals surface area contributed by atoms with Crippen molar-refractivity contribution in [3.8, 4) is 0 Å². The summed E-state index contributed by atoms with van der Waals surface area (Å²) >= 11 is 0. The highest BCUT2D eigenvalue weighted by atomic mass is 19.3. The van der Waals surface area contributed by atoms with Gasteiger partial charge in [-0.3, -0.25) is 4.79 Å². The first-order valence-corrected chi connectivity index (χ1v) is 7.42. The van der Waals surface area contributed by atoms with Gasteiger partial charge in [-0.1, -0.05) is 13.8 Å². The minimum atomic E-state index is -3.24. The Kier molecular flexibility index (Phi) is 7.76. The van der Waals surface area contributed by atoms with Gasteiger partial charge in [-0.25, -0.2) is 13.6 Å². The molecule has 0 rings (SSSR count). The molecule has 130 valence electrons. The third-order valence-electron chi connectivity index (χ3n) is 2.76. The zero-order valence-electron chi connectivity index (χ0n) is 14.2. The van der Waals surface area contributed by atoms with Gasteiger partial charge >= 0.3 is 12.1 Å². The Bertz CT molecular complexity index is 378. The number of halogens is 2. The fraction of sp³-hybridized carbons (Fsp3) is 0.867. The molecule has 0 bridgehead atoms. The van der Waals surface area contributed by atoms with Gasteiger partial charge in [-0.15, -0.1) is 0 Å². The summed E-state index contributed by atoms with van der Waals surface area (Å²) < 4.78 is 38.2. The maximum Gasteiger partial charge on any atom is 0.408 e. The van der Waals surface area contributed by atoms with Crippen LogP contribution in [0.2, 0.25) is 0 Å². The molecular weight excluding hydrogens is 296 g/mol. The predicted octanol–water partition coefficient (Wildman–Crippen LogP) is 3.51. The molecule has 1 atom stereocenters. The lowest BCUT2D eigenvalue weighted by Gasteiger charge is -2.31. The predicted molar refractivity (Wildman–Crippen MR) is 78.8 cm³/mol. The second-order valence-electron chi connectivity index (χ2n) is 6.43. The number of nitrogens with one attached hydrogen (secondary N) is 1. The minimum absolute atomic E-state index is 0.147. The lowest BCUT2D eigenvalue weighted by molar-refractivity contribution is -0.146. The first kappa shape index (κ1) is 20.6. The Morgan fingerprint density at radius 3 is 2.14 bits per heavy atom. The van der Waals surface area contributed by atoms with Crippen LogP contribution in [-0.2, 0) is 14.3 Å². The number of carbonyl (C=O) groups excluding carboxylic acids is 2. The van der Waals surface area contributed by atoms with Crippen LogP contribution in [-0.4, -0.2) is 36.2 Å². The molecule has 0 saturated carbocycles. The average Bonchev–Trinajstić information content (AvgIpc) is 2.31. The van der Waals surface area contributed by atoms with Crippen molar-refractivity contribution < 1.29 is 27.8 Å². The molecule has 0 aliphatic rings. The molecule has 0 heterocycles. The van der Waals surface area contributed by atoms with Crippen molar-refractivity contribution in [2.45, 2.75) is 71.9 Å². The highest BCUT2D eigenvalue weighted by Crippen LogP contribution is 2.29. The van der Waals surface area contributed by atoms with Gasteiger partial charge < -0.3 is 14.8 Å². The number of alkyl halides is 2. The molecule has 0 saturated heterocycles. The van der Waals surface area contributed by atoms with Crippen LogP contribution in [0.15, 0.2) is 0 Å². The van der Waals surface area contributed by atoms with Crippen LogP contribution in [0.5, 0.6) is 0 Å². The maximum atomic E-state index is 14.3. The molecule has 0 radical (unpaired) electrons. The SMILES string of the molecule is CCOC(=O)CCC(F)(F)C(NC(=O)OC(C)(C)C)C(C)C. The Morgan fingerprint density at radius 2 is 1.73 bits per heavy atom. The number of hydrogen-bond donors (Lipinski definition) is 1. The summed E-state index contributed by atoms with van der Waals surface area (Å²) in [5.74, 6) is -4.44. The second-order valence-corrected chi connectivity index (χ2v) is 6.43. The molecule has 0 aromatic carbocycles. The van der Waals surface area contributed by atoms with Crippen LogP contribution < -0.4 is 5.32 Å². The lowest BCUT2D eigenvalue weighted by atomic mass is 9.94. The molecule has 1 amide bonds. The quantitative estimate of drug-likeness (QED) is 0.728. The summed E-state index contributed by atoms with van der Waals surface area (Å²) in [6.07, 6.45) is -1.99. The van der Waals surface area contributed by atoms with Crippen LogP contribution in [0.1, 0.15) is 54.4 Å². The molecular formula is C15H27F2NO4. The smallest absolute Gasteiger partial charge is 0.408 e. The highest BCUT2D eigenvalue weighted by Gasteiger charge is 2.43. The Morgan fingerprint density at radius 1 is 1.18 bits per heavy atom. The van der Waals surface area contributed by atoms with E-state index in [2.05, 4.69) is 10.1 Å². The molecule has 1 N–H and O–H groups in total. The van der Waals surface area contributed by atoms with Crippen LogP contribution in [0.4, 0.5) is 13.6 Å². The molecule has 0 spiro atoms. The van der Waals surface area contributed by atoms with Crippen LogP contribution >= 0.6 is 0 Å². The van der Waals surface area contributed by atoms with Gasteiger partial charge in [-0.05, 0) is 33.6 Å². The van der Waals surface area contributed by atoms with Crippen LogP contribution in [0.25, 0.3) is 0 Å². The summed E-state index contributed by atoms with van der Waals surface area (Å²) in [4.78, 5) is 22.9. The number of rotatable bonds is 7. The fourth-order valence-electron chi connectivity index (χ4n) is 1.85. The van der Waals surface area contributed by atoms with Gasteiger partial charge in [0.05, 0.1) is 19.1 Å². The maximum absolute atomic E-state index is 14.3. The number of carbonyl (C=O) groups is 2. The molecule has 1 unspecified atom stereocenters. The largest absolute Gasteiger partial charge is 0.466 e. The van der Waals surface area contributed by atoms with E-state index in [1.54, 1.807) is 41.5 Å². The number of alkyl carbamates (subject to hydrolysis) is 1. The van der Waals surface area contributed by atoms with Gasteiger partial charge in [0.2, 0.25) is 0 Å². The number of amides is 1. The van der Waals surface area contributed by atoms with E-state index in [4.69, 9.17) is 4.74 Å². The van der Waals surface area contributed by atoms with Crippen molar-refractivity contribution in [2.75, 3.05) is 6.61 Å². The van der Waals surface area contributed by atoms with Crippen molar-refractivity contribution in [2.24, 2.45) is 5.92 Å². The molecule has 7 heteroatoms.